The van der Waals surface area contributed by atoms with Gasteiger partial charge in [-0.15, -0.1) is 0 Å². The smallest absolute Gasteiger partial charge is 0.305 e. The highest BCUT2D eigenvalue weighted by Crippen LogP contribution is 2.19. The van der Waals surface area contributed by atoms with Crippen LogP contribution < -0.4 is 5.32 Å². The molecule has 2 unspecified atom stereocenters. The Hall–Kier alpha value is -1.92. The Morgan fingerprint density at radius 3 is 1.01 bits per heavy atom. The molecule has 0 aromatic carbocycles. The molecule has 1 amide bonds. The molecule has 0 aromatic rings. The lowest BCUT2D eigenvalue weighted by atomic mass is 10.0. The third kappa shape index (κ3) is 65.2. The van der Waals surface area contributed by atoms with Crippen LogP contribution in [0.3, 0.4) is 0 Å². The van der Waals surface area contributed by atoms with Crippen molar-refractivity contribution in [2.24, 2.45) is 0 Å². The van der Waals surface area contributed by atoms with Crippen molar-refractivity contribution in [2.75, 3.05) is 13.2 Å². The molecule has 6 heteroatoms. The minimum Gasteiger partial charge on any atom is -0.466 e. The fraction of sp³-hybridized carbons (Fsp3) is 0.892. The molecule has 0 spiro atoms. The van der Waals surface area contributed by atoms with Crippen molar-refractivity contribution in [3.05, 3.63) is 36.5 Å². The molecule has 0 bridgehead atoms. The zero-order valence-electron chi connectivity index (χ0n) is 54.1. The summed E-state index contributed by atoms with van der Waals surface area (Å²) in [4.78, 5) is 24.5. The molecular weight excluding hydrogens is 983 g/mol. The van der Waals surface area contributed by atoms with Crippen molar-refractivity contribution in [3.8, 4) is 0 Å². The van der Waals surface area contributed by atoms with Crippen LogP contribution in [0, 0.1) is 0 Å². The van der Waals surface area contributed by atoms with E-state index in [9.17, 15) is 19.8 Å². The first-order valence-corrected chi connectivity index (χ1v) is 36.2. The standard InChI is InChI=1S/C74H141NO5/c1-3-5-7-9-11-13-15-17-39-43-46-50-54-58-62-66-72(77)71(70-76)75-73(78)67-63-59-55-51-47-44-40-37-35-33-31-29-27-25-23-21-19-18-20-22-24-26-28-30-32-34-36-38-41-45-49-53-57-61-65-69-80-74(79)68-64-60-56-52-48-42-16-14-12-10-8-6-4-2/h8,10,14,16,20,22,71-72,76-77H,3-7,9,11-13,15,17-19,21,23-70H2,1-2H3,(H,75,78)/b10-8-,16-14-,22-20-. The summed E-state index contributed by atoms with van der Waals surface area (Å²) in [5.41, 5.74) is 0. The van der Waals surface area contributed by atoms with Crippen molar-refractivity contribution >= 4 is 11.9 Å². The fourth-order valence-corrected chi connectivity index (χ4v) is 11.4. The molecule has 2 atom stereocenters. The molecule has 0 saturated carbocycles. The van der Waals surface area contributed by atoms with Crippen LogP contribution in [0.2, 0.25) is 0 Å². The quantitative estimate of drug-likeness (QED) is 0.0320. The lowest BCUT2D eigenvalue weighted by molar-refractivity contribution is -0.143. The van der Waals surface area contributed by atoms with Gasteiger partial charge < -0.3 is 20.3 Å². The van der Waals surface area contributed by atoms with Gasteiger partial charge in [-0.3, -0.25) is 9.59 Å². The molecule has 0 saturated heterocycles. The van der Waals surface area contributed by atoms with E-state index in [-0.39, 0.29) is 18.5 Å². The summed E-state index contributed by atoms with van der Waals surface area (Å²) < 4.78 is 5.48. The summed E-state index contributed by atoms with van der Waals surface area (Å²) in [7, 11) is 0. The number of aliphatic hydroxyl groups is 2. The third-order valence-electron chi connectivity index (χ3n) is 16.9. The summed E-state index contributed by atoms with van der Waals surface area (Å²) in [6.45, 7) is 4.91. The molecule has 472 valence electrons. The number of carbonyl (C=O) groups is 2. The van der Waals surface area contributed by atoms with Gasteiger partial charge in [0.2, 0.25) is 5.91 Å². The number of amides is 1. The van der Waals surface area contributed by atoms with Crippen LogP contribution in [-0.2, 0) is 14.3 Å². The summed E-state index contributed by atoms with van der Waals surface area (Å²) in [5.74, 6) is -0.0236. The Labute approximate surface area is 500 Å². The van der Waals surface area contributed by atoms with Crippen molar-refractivity contribution in [1.29, 1.82) is 0 Å². The summed E-state index contributed by atoms with van der Waals surface area (Å²) in [5, 5.41) is 23.3. The molecule has 0 aliphatic heterocycles. The average molecular weight is 1120 g/mol. The average Bonchev–Trinajstić information content (AvgIpc) is 3.46. The van der Waals surface area contributed by atoms with Crippen molar-refractivity contribution < 1.29 is 24.5 Å². The minimum atomic E-state index is -0.661. The van der Waals surface area contributed by atoms with E-state index < -0.39 is 12.1 Å². The number of aliphatic hydroxyl groups excluding tert-OH is 2. The van der Waals surface area contributed by atoms with Crippen LogP contribution in [0.4, 0.5) is 0 Å². The molecule has 0 rings (SSSR count). The number of esters is 1. The zero-order chi connectivity index (χ0) is 57.8. The van der Waals surface area contributed by atoms with Crippen LogP contribution in [0.1, 0.15) is 399 Å². The molecule has 0 heterocycles. The molecule has 0 radical (unpaired) electrons. The second-order valence-corrected chi connectivity index (χ2v) is 24.9. The van der Waals surface area contributed by atoms with Gasteiger partial charge in [-0.25, -0.2) is 0 Å². The van der Waals surface area contributed by atoms with Gasteiger partial charge in [0.1, 0.15) is 0 Å². The van der Waals surface area contributed by atoms with Gasteiger partial charge in [0.15, 0.2) is 0 Å². The number of nitrogens with one attached hydrogen (secondary N) is 1. The predicted molar refractivity (Wildman–Crippen MR) is 352 cm³/mol. The van der Waals surface area contributed by atoms with Crippen molar-refractivity contribution in [2.45, 2.75) is 411 Å². The Balaban J connectivity index is 3.34. The van der Waals surface area contributed by atoms with Gasteiger partial charge in [0, 0.05) is 12.8 Å². The first kappa shape index (κ1) is 78.1. The minimum absolute atomic E-state index is 0.00505. The molecular formula is C74H141NO5. The largest absolute Gasteiger partial charge is 0.466 e. The summed E-state index contributed by atoms with van der Waals surface area (Å²) in [6, 6.07) is -0.538. The van der Waals surface area contributed by atoms with Gasteiger partial charge in [-0.2, -0.15) is 0 Å². The normalized spacial score (nSPS) is 12.7. The molecule has 0 aromatic heterocycles. The van der Waals surface area contributed by atoms with E-state index in [4.69, 9.17) is 4.74 Å². The van der Waals surface area contributed by atoms with Gasteiger partial charge in [0.25, 0.3) is 0 Å². The SMILES string of the molecule is CCC/C=C\C/C=C\CCCCCCCC(=O)OCCCCCCCCCCCCCCCC/C=C\CCCCCCCCCCCCCCCCCCCC(=O)NC(CO)C(O)CCCCCCCCCCCCCCCCC. The molecule has 6 nitrogen and oxygen atoms in total. The van der Waals surface area contributed by atoms with Crippen LogP contribution in [0.15, 0.2) is 36.5 Å². The maximum absolute atomic E-state index is 12.5. The predicted octanol–water partition coefficient (Wildman–Crippen LogP) is 23.5. The van der Waals surface area contributed by atoms with Gasteiger partial charge in [-0.1, -0.05) is 346 Å². The number of unbranched alkanes of at least 4 members (excludes halogenated alkanes) is 51. The van der Waals surface area contributed by atoms with E-state index in [1.54, 1.807) is 0 Å². The van der Waals surface area contributed by atoms with Gasteiger partial charge in [0.05, 0.1) is 25.4 Å². The first-order chi connectivity index (χ1) is 39.5. The van der Waals surface area contributed by atoms with Crippen molar-refractivity contribution in [1.82, 2.24) is 5.32 Å². The Morgan fingerprint density at radius 2 is 0.650 bits per heavy atom. The lowest BCUT2D eigenvalue weighted by Gasteiger charge is -2.22. The number of ether oxygens (including phenoxy) is 1. The first-order valence-electron chi connectivity index (χ1n) is 36.2. The number of rotatable bonds is 68. The number of hydrogen-bond acceptors (Lipinski definition) is 5. The molecule has 0 fully saturated rings. The molecule has 3 N–H and O–H groups in total. The van der Waals surface area contributed by atoms with E-state index >= 15 is 0 Å². The summed E-state index contributed by atoms with van der Waals surface area (Å²) in [6.07, 6.45) is 89.3. The zero-order valence-corrected chi connectivity index (χ0v) is 54.1. The number of carbonyl (C=O) groups excluding carboxylic acids is 2. The molecule has 80 heavy (non-hydrogen) atoms. The highest BCUT2D eigenvalue weighted by Gasteiger charge is 2.20. The number of allylic oxidation sites excluding steroid dienone is 6. The maximum Gasteiger partial charge on any atom is 0.305 e. The number of hydrogen-bond donors (Lipinski definition) is 3. The van der Waals surface area contributed by atoms with Crippen molar-refractivity contribution in [3.63, 3.8) is 0 Å². The van der Waals surface area contributed by atoms with Gasteiger partial charge >= 0.3 is 5.97 Å². The Morgan fingerprint density at radius 1 is 0.350 bits per heavy atom. The van der Waals surface area contributed by atoms with Crippen LogP contribution in [0.25, 0.3) is 0 Å². The second kappa shape index (κ2) is 69.6. The maximum atomic E-state index is 12.5. The van der Waals surface area contributed by atoms with E-state index in [0.717, 1.165) is 51.4 Å². The molecule has 0 aliphatic rings. The van der Waals surface area contributed by atoms with Crippen LogP contribution in [-0.4, -0.2) is 47.4 Å². The monoisotopic (exact) mass is 1120 g/mol. The van der Waals surface area contributed by atoms with E-state index in [2.05, 4.69) is 55.6 Å². The Kier molecular flexibility index (Phi) is 67.9. The highest BCUT2D eigenvalue weighted by atomic mass is 16.5. The topological polar surface area (TPSA) is 95.9 Å². The Bertz CT molecular complexity index is 1300. The molecule has 0 aliphatic carbocycles. The van der Waals surface area contributed by atoms with E-state index in [0.29, 0.717) is 25.9 Å². The van der Waals surface area contributed by atoms with E-state index in [1.807, 2.05) is 0 Å². The van der Waals surface area contributed by atoms with Crippen LogP contribution in [0.5, 0.6) is 0 Å². The van der Waals surface area contributed by atoms with Crippen LogP contribution >= 0.6 is 0 Å². The van der Waals surface area contributed by atoms with Gasteiger partial charge in [-0.05, 0) is 77.0 Å². The highest BCUT2D eigenvalue weighted by molar-refractivity contribution is 5.76. The lowest BCUT2D eigenvalue weighted by Crippen LogP contribution is -2.45. The summed E-state index contributed by atoms with van der Waals surface area (Å²) >= 11 is 0. The second-order valence-electron chi connectivity index (χ2n) is 24.9. The fourth-order valence-electron chi connectivity index (χ4n) is 11.4. The van der Waals surface area contributed by atoms with E-state index in [1.165, 1.54) is 315 Å². The third-order valence-corrected chi connectivity index (χ3v) is 16.9.